The zero-order chi connectivity index (χ0) is 14.0. The first kappa shape index (κ1) is 14.3. The minimum atomic E-state index is -3.55. The Kier molecular flexibility index (Phi) is 4.13. The molecule has 6 heteroatoms. The molecule has 0 saturated heterocycles. The predicted molar refractivity (Wildman–Crippen MR) is 74.3 cm³/mol. The van der Waals surface area contributed by atoms with Crippen molar-refractivity contribution in [2.24, 2.45) is 0 Å². The van der Waals surface area contributed by atoms with E-state index in [2.05, 4.69) is 4.72 Å². The topological polar surface area (TPSA) is 81.4 Å². The van der Waals surface area contributed by atoms with E-state index in [0.717, 1.165) is 19.3 Å². The molecular formula is C13H20N2O3S. The summed E-state index contributed by atoms with van der Waals surface area (Å²) in [7, 11) is -1.94. The lowest BCUT2D eigenvalue weighted by molar-refractivity contribution is 0.0916. The molecule has 0 spiro atoms. The van der Waals surface area contributed by atoms with E-state index in [4.69, 9.17) is 10.5 Å². The molecule has 1 saturated carbocycles. The standard InChI is InChI=1S/C13H20N2O3S/c1-9-6-7-10(14)8-13(9)19(16,17)15-11-4-3-5-12(11)18-2/h6-8,11-12,15H,3-5,14H2,1-2H3. The number of nitrogens with one attached hydrogen (secondary N) is 1. The molecule has 1 aromatic rings. The SMILES string of the molecule is COC1CCCC1NS(=O)(=O)c1cc(N)ccc1C. The molecular weight excluding hydrogens is 264 g/mol. The fourth-order valence-corrected chi connectivity index (χ4v) is 4.09. The summed E-state index contributed by atoms with van der Waals surface area (Å²) in [5, 5.41) is 0. The maximum atomic E-state index is 12.4. The van der Waals surface area contributed by atoms with Crippen LogP contribution in [-0.4, -0.2) is 27.7 Å². The van der Waals surface area contributed by atoms with Crippen molar-refractivity contribution in [1.82, 2.24) is 4.72 Å². The molecule has 0 radical (unpaired) electrons. The van der Waals surface area contributed by atoms with Crippen molar-refractivity contribution in [1.29, 1.82) is 0 Å². The smallest absolute Gasteiger partial charge is 0.241 e. The summed E-state index contributed by atoms with van der Waals surface area (Å²) < 4.78 is 32.8. The van der Waals surface area contributed by atoms with E-state index in [9.17, 15) is 8.42 Å². The number of rotatable bonds is 4. The number of nitrogens with two attached hydrogens (primary N) is 1. The van der Waals surface area contributed by atoms with Crippen LogP contribution in [-0.2, 0) is 14.8 Å². The van der Waals surface area contributed by atoms with Gasteiger partial charge in [-0.15, -0.1) is 0 Å². The van der Waals surface area contributed by atoms with Crippen LogP contribution in [0.3, 0.4) is 0 Å². The zero-order valence-corrected chi connectivity index (χ0v) is 12.0. The second-order valence-corrected chi connectivity index (χ2v) is 6.64. The third-order valence-electron chi connectivity index (χ3n) is 3.56. The van der Waals surface area contributed by atoms with E-state index in [1.807, 2.05) is 0 Å². The lowest BCUT2D eigenvalue weighted by atomic mass is 10.2. The molecule has 1 aliphatic rings. The van der Waals surface area contributed by atoms with Crippen LogP contribution in [0.1, 0.15) is 24.8 Å². The number of sulfonamides is 1. The van der Waals surface area contributed by atoms with Crippen LogP contribution in [0.5, 0.6) is 0 Å². The van der Waals surface area contributed by atoms with Gasteiger partial charge in [0.15, 0.2) is 0 Å². The Morgan fingerprint density at radius 1 is 1.37 bits per heavy atom. The van der Waals surface area contributed by atoms with E-state index in [1.165, 1.54) is 6.07 Å². The van der Waals surface area contributed by atoms with Gasteiger partial charge < -0.3 is 10.5 Å². The fourth-order valence-electron chi connectivity index (χ4n) is 2.51. The van der Waals surface area contributed by atoms with Crippen molar-refractivity contribution in [3.8, 4) is 0 Å². The van der Waals surface area contributed by atoms with Crippen molar-refractivity contribution < 1.29 is 13.2 Å². The van der Waals surface area contributed by atoms with E-state index in [1.54, 1.807) is 26.2 Å². The molecule has 106 valence electrons. The van der Waals surface area contributed by atoms with Gasteiger partial charge in [-0.05, 0) is 43.9 Å². The zero-order valence-electron chi connectivity index (χ0n) is 11.2. The summed E-state index contributed by atoms with van der Waals surface area (Å²) in [4.78, 5) is 0.245. The van der Waals surface area contributed by atoms with E-state index in [0.29, 0.717) is 11.3 Å². The van der Waals surface area contributed by atoms with Crippen molar-refractivity contribution in [3.05, 3.63) is 23.8 Å². The molecule has 5 nitrogen and oxygen atoms in total. The summed E-state index contributed by atoms with van der Waals surface area (Å²) in [5.41, 5.74) is 6.80. The normalized spacial score (nSPS) is 23.7. The van der Waals surface area contributed by atoms with Gasteiger partial charge in [0.2, 0.25) is 10.0 Å². The molecule has 0 amide bonds. The van der Waals surface area contributed by atoms with Crippen LogP contribution >= 0.6 is 0 Å². The fraction of sp³-hybridized carbons (Fsp3) is 0.538. The Hall–Kier alpha value is -1.11. The van der Waals surface area contributed by atoms with Crippen LogP contribution in [0, 0.1) is 6.92 Å². The molecule has 2 rings (SSSR count). The molecule has 3 N–H and O–H groups in total. The molecule has 1 aliphatic carbocycles. The number of methoxy groups -OCH3 is 1. The largest absolute Gasteiger partial charge is 0.399 e. The molecule has 19 heavy (non-hydrogen) atoms. The first-order valence-electron chi connectivity index (χ1n) is 6.35. The number of ether oxygens (including phenoxy) is 1. The van der Waals surface area contributed by atoms with E-state index < -0.39 is 10.0 Å². The highest BCUT2D eigenvalue weighted by Crippen LogP contribution is 2.25. The minimum Gasteiger partial charge on any atom is -0.399 e. The number of benzene rings is 1. The Bertz CT molecular complexity index is 557. The second kappa shape index (κ2) is 5.48. The van der Waals surface area contributed by atoms with Crippen molar-refractivity contribution in [3.63, 3.8) is 0 Å². The van der Waals surface area contributed by atoms with Gasteiger partial charge in [-0.2, -0.15) is 0 Å². The highest BCUT2D eigenvalue weighted by molar-refractivity contribution is 7.89. The first-order chi connectivity index (χ1) is 8.94. The quantitative estimate of drug-likeness (QED) is 0.819. The van der Waals surface area contributed by atoms with Crippen molar-refractivity contribution in [2.75, 3.05) is 12.8 Å². The molecule has 0 bridgehead atoms. The number of anilines is 1. The average molecular weight is 284 g/mol. The number of hydrogen-bond acceptors (Lipinski definition) is 4. The van der Waals surface area contributed by atoms with Crippen LogP contribution in [0.4, 0.5) is 5.69 Å². The Morgan fingerprint density at radius 3 is 2.79 bits per heavy atom. The number of aryl methyl sites for hydroxylation is 1. The Morgan fingerprint density at radius 2 is 2.11 bits per heavy atom. The average Bonchev–Trinajstić information content (AvgIpc) is 2.78. The third-order valence-corrected chi connectivity index (χ3v) is 5.20. The van der Waals surface area contributed by atoms with Gasteiger partial charge in [0.1, 0.15) is 0 Å². The molecule has 0 aliphatic heterocycles. The molecule has 0 aromatic heterocycles. The van der Waals surface area contributed by atoms with Gasteiger partial charge in [-0.1, -0.05) is 6.07 Å². The van der Waals surface area contributed by atoms with Gasteiger partial charge in [0, 0.05) is 18.8 Å². The van der Waals surface area contributed by atoms with Gasteiger partial charge in [0.25, 0.3) is 0 Å². The van der Waals surface area contributed by atoms with Gasteiger partial charge in [-0.3, -0.25) is 0 Å². The summed E-state index contributed by atoms with van der Waals surface area (Å²) >= 11 is 0. The summed E-state index contributed by atoms with van der Waals surface area (Å²) in [6, 6.07) is 4.75. The molecule has 2 unspecified atom stereocenters. The molecule has 1 fully saturated rings. The Balaban J connectivity index is 2.25. The van der Waals surface area contributed by atoms with Gasteiger partial charge in [-0.25, -0.2) is 13.1 Å². The highest BCUT2D eigenvalue weighted by atomic mass is 32.2. The monoisotopic (exact) mass is 284 g/mol. The molecule has 0 heterocycles. The van der Waals surface area contributed by atoms with E-state index >= 15 is 0 Å². The first-order valence-corrected chi connectivity index (χ1v) is 7.83. The van der Waals surface area contributed by atoms with Crippen molar-refractivity contribution in [2.45, 2.75) is 43.2 Å². The van der Waals surface area contributed by atoms with Crippen LogP contribution in [0.25, 0.3) is 0 Å². The summed E-state index contributed by atoms with van der Waals surface area (Å²) in [6.45, 7) is 1.76. The number of nitrogen functional groups attached to an aromatic ring is 1. The lowest BCUT2D eigenvalue weighted by Gasteiger charge is -2.20. The lowest BCUT2D eigenvalue weighted by Crippen LogP contribution is -2.40. The second-order valence-electron chi connectivity index (χ2n) is 4.96. The van der Waals surface area contributed by atoms with Crippen molar-refractivity contribution >= 4 is 15.7 Å². The third kappa shape index (κ3) is 3.08. The van der Waals surface area contributed by atoms with E-state index in [-0.39, 0.29) is 17.0 Å². The molecule has 2 atom stereocenters. The molecule has 1 aromatic carbocycles. The van der Waals surface area contributed by atoms with Crippen LogP contribution in [0.15, 0.2) is 23.1 Å². The predicted octanol–water partition coefficient (Wildman–Crippen LogP) is 1.42. The number of hydrogen-bond donors (Lipinski definition) is 2. The maximum absolute atomic E-state index is 12.4. The van der Waals surface area contributed by atoms with Crippen LogP contribution < -0.4 is 10.5 Å². The van der Waals surface area contributed by atoms with Gasteiger partial charge >= 0.3 is 0 Å². The summed E-state index contributed by atoms with van der Waals surface area (Å²) in [5.74, 6) is 0. The maximum Gasteiger partial charge on any atom is 0.241 e. The van der Waals surface area contributed by atoms with Gasteiger partial charge in [0.05, 0.1) is 11.0 Å². The minimum absolute atomic E-state index is 0.0452. The highest BCUT2D eigenvalue weighted by Gasteiger charge is 2.31. The van der Waals surface area contributed by atoms with Crippen LogP contribution in [0.2, 0.25) is 0 Å². The summed E-state index contributed by atoms with van der Waals surface area (Å²) in [6.07, 6.45) is 2.62. The Labute approximate surface area is 114 Å².